The van der Waals surface area contributed by atoms with Crippen LogP contribution in [-0.4, -0.2) is 102 Å². The number of hydrogen-bond donors (Lipinski definition) is 0. The minimum atomic E-state index is -4.11. The van der Waals surface area contributed by atoms with E-state index in [1.165, 1.54) is 17.0 Å². The first-order chi connectivity index (χ1) is 23.5. The maximum Gasteiger partial charge on any atom is 0.434 e. The van der Waals surface area contributed by atoms with Gasteiger partial charge >= 0.3 is 12.1 Å². The second-order valence-electron chi connectivity index (χ2n) is 12.4. The summed E-state index contributed by atoms with van der Waals surface area (Å²) in [5, 5.41) is 0.717. The summed E-state index contributed by atoms with van der Waals surface area (Å²) in [6.07, 6.45) is -0.946. The molecular weight excluding hydrogens is 648 g/mol. The van der Waals surface area contributed by atoms with E-state index in [4.69, 9.17) is 9.57 Å². The summed E-state index contributed by atoms with van der Waals surface area (Å²) in [6.45, 7) is 5.95. The lowest BCUT2D eigenvalue weighted by molar-refractivity contribution is -0.195. The Kier molecular flexibility index (Phi) is 11.4. The average Bonchev–Trinajstić information content (AvgIpc) is 3.61. The van der Waals surface area contributed by atoms with E-state index in [1.54, 1.807) is 79.4 Å². The third-order valence-corrected chi connectivity index (χ3v) is 10.5. The van der Waals surface area contributed by atoms with Gasteiger partial charge in [-0.2, -0.15) is 9.37 Å². The fourth-order valence-corrected chi connectivity index (χ4v) is 7.59. The molecular formula is C36H42N4O8S. The SMILES string of the molecule is Cc1ccc(S(=O)(=O)N2CCC[C@H]2C(=O)N(OC(=O)N2CCN(C(=O)c3ccccc3)CC2)[C@@H](Cc2ccccc2)C(=O)OC(C)C)cc1. The first kappa shape index (κ1) is 35.6. The number of esters is 1. The van der Waals surface area contributed by atoms with Crippen LogP contribution in [0.15, 0.2) is 89.8 Å². The molecule has 2 aliphatic rings. The van der Waals surface area contributed by atoms with E-state index >= 15 is 0 Å². The molecule has 49 heavy (non-hydrogen) atoms. The Morgan fingerprint density at radius 1 is 0.816 bits per heavy atom. The van der Waals surface area contributed by atoms with Crippen LogP contribution in [0.1, 0.15) is 48.2 Å². The van der Waals surface area contributed by atoms with Crippen LogP contribution in [-0.2, 0) is 35.6 Å². The molecule has 2 saturated heterocycles. The highest BCUT2D eigenvalue weighted by atomic mass is 32.2. The number of amides is 3. The van der Waals surface area contributed by atoms with E-state index in [2.05, 4.69) is 0 Å². The maximum atomic E-state index is 14.5. The molecule has 0 spiro atoms. The van der Waals surface area contributed by atoms with Gasteiger partial charge < -0.3 is 19.4 Å². The minimum Gasteiger partial charge on any atom is -0.461 e. The highest BCUT2D eigenvalue weighted by Gasteiger charge is 2.46. The molecule has 2 heterocycles. The number of carbonyl (C=O) groups excluding carboxylic acids is 4. The fourth-order valence-electron chi connectivity index (χ4n) is 5.94. The second-order valence-corrected chi connectivity index (χ2v) is 14.3. The molecule has 0 aromatic heterocycles. The molecule has 260 valence electrons. The molecule has 3 amide bonds. The molecule has 2 aliphatic heterocycles. The standard InChI is InChI=1S/C36H42N4O8S/c1-26(2)47-35(43)32(25-28-11-6-4-7-12-28)40(34(42)31-15-10-20-39(31)49(45,46)30-18-16-27(3)17-19-30)48-36(44)38-23-21-37(22-24-38)33(41)29-13-8-5-9-14-29/h4-9,11-14,16-19,26,31-32H,10,15,20-25H2,1-3H3/t31-,32-/m0/s1. The molecule has 0 radical (unpaired) electrons. The van der Waals surface area contributed by atoms with Crippen molar-refractivity contribution in [2.75, 3.05) is 32.7 Å². The van der Waals surface area contributed by atoms with Gasteiger partial charge in [0.2, 0.25) is 10.0 Å². The van der Waals surface area contributed by atoms with Gasteiger partial charge in [0, 0.05) is 44.7 Å². The zero-order valence-electron chi connectivity index (χ0n) is 27.9. The van der Waals surface area contributed by atoms with Crippen molar-refractivity contribution >= 4 is 33.9 Å². The van der Waals surface area contributed by atoms with E-state index in [1.807, 2.05) is 19.1 Å². The molecule has 2 fully saturated rings. The van der Waals surface area contributed by atoms with Crippen molar-refractivity contribution in [2.24, 2.45) is 0 Å². The summed E-state index contributed by atoms with van der Waals surface area (Å²) in [6, 6.07) is 21.4. The number of ether oxygens (including phenoxy) is 1. The lowest BCUT2D eigenvalue weighted by Gasteiger charge is -2.37. The molecule has 0 saturated carbocycles. The Morgan fingerprint density at radius 3 is 2.02 bits per heavy atom. The van der Waals surface area contributed by atoms with Crippen LogP contribution < -0.4 is 0 Å². The smallest absolute Gasteiger partial charge is 0.434 e. The van der Waals surface area contributed by atoms with Gasteiger partial charge in [-0.05, 0) is 63.4 Å². The van der Waals surface area contributed by atoms with E-state index in [-0.39, 0.29) is 56.4 Å². The number of benzene rings is 3. The van der Waals surface area contributed by atoms with E-state index < -0.39 is 46.2 Å². The van der Waals surface area contributed by atoms with Crippen molar-refractivity contribution in [2.45, 2.75) is 63.1 Å². The summed E-state index contributed by atoms with van der Waals surface area (Å²) in [7, 11) is -4.11. The van der Waals surface area contributed by atoms with E-state index in [9.17, 15) is 27.6 Å². The second kappa shape index (κ2) is 15.6. The van der Waals surface area contributed by atoms with Crippen LogP contribution in [0.3, 0.4) is 0 Å². The molecule has 0 aliphatic carbocycles. The minimum absolute atomic E-state index is 0.0318. The summed E-state index contributed by atoms with van der Waals surface area (Å²) in [4.78, 5) is 63.7. The highest BCUT2D eigenvalue weighted by molar-refractivity contribution is 7.89. The zero-order chi connectivity index (χ0) is 35.1. The lowest BCUT2D eigenvalue weighted by atomic mass is 10.0. The summed E-state index contributed by atoms with van der Waals surface area (Å²) >= 11 is 0. The third kappa shape index (κ3) is 8.46. The number of sulfonamides is 1. The number of hydroxylamine groups is 2. The average molecular weight is 691 g/mol. The van der Waals surface area contributed by atoms with Crippen molar-refractivity contribution in [3.8, 4) is 0 Å². The van der Waals surface area contributed by atoms with Crippen LogP contribution >= 0.6 is 0 Å². The van der Waals surface area contributed by atoms with Gasteiger partial charge in [-0.1, -0.05) is 66.2 Å². The van der Waals surface area contributed by atoms with Crippen LogP contribution in [0.5, 0.6) is 0 Å². The lowest BCUT2D eigenvalue weighted by Crippen LogP contribution is -2.57. The number of hydrogen-bond acceptors (Lipinski definition) is 8. The topological polar surface area (TPSA) is 134 Å². The predicted octanol–water partition coefficient (Wildman–Crippen LogP) is 4.05. The number of carbonyl (C=O) groups is 4. The molecule has 12 nitrogen and oxygen atoms in total. The quantitative estimate of drug-likeness (QED) is 0.243. The monoisotopic (exact) mass is 690 g/mol. The Balaban J connectivity index is 1.42. The van der Waals surface area contributed by atoms with Gasteiger partial charge in [-0.3, -0.25) is 9.59 Å². The van der Waals surface area contributed by atoms with Crippen LogP contribution in [0, 0.1) is 6.92 Å². The molecule has 5 rings (SSSR count). The van der Waals surface area contributed by atoms with Crippen molar-refractivity contribution in [3.63, 3.8) is 0 Å². The largest absolute Gasteiger partial charge is 0.461 e. The molecule has 2 atom stereocenters. The predicted molar refractivity (Wildman–Crippen MR) is 181 cm³/mol. The highest BCUT2D eigenvalue weighted by Crippen LogP contribution is 2.29. The normalized spacial score (nSPS) is 17.4. The molecule has 0 unspecified atom stereocenters. The van der Waals surface area contributed by atoms with Crippen LogP contribution in [0.4, 0.5) is 4.79 Å². The Morgan fingerprint density at radius 2 is 1.41 bits per heavy atom. The number of nitrogens with zero attached hydrogens (tertiary/aromatic N) is 4. The summed E-state index contributed by atoms with van der Waals surface area (Å²) < 4.78 is 34.3. The van der Waals surface area contributed by atoms with Crippen molar-refractivity contribution in [3.05, 3.63) is 102 Å². The molecule has 13 heteroatoms. The Bertz CT molecular complexity index is 1730. The van der Waals surface area contributed by atoms with Crippen LogP contribution in [0.2, 0.25) is 0 Å². The van der Waals surface area contributed by atoms with E-state index in [0.717, 1.165) is 14.9 Å². The maximum absolute atomic E-state index is 14.5. The molecule has 3 aromatic carbocycles. The van der Waals surface area contributed by atoms with Gasteiger partial charge in [0.15, 0.2) is 6.04 Å². The summed E-state index contributed by atoms with van der Waals surface area (Å²) in [5.74, 6) is -1.81. The van der Waals surface area contributed by atoms with Gasteiger partial charge in [0.1, 0.15) is 6.04 Å². The molecule has 3 aromatic rings. The van der Waals surface area contributed by atoms with Crippen LogP contribution in [0.25, 0.3) is 0 Å². The van der Waals surface area contributed by atoms with Crippen molar-refractivity contribution < 1.29 is 37.2 Å². The third-order valence-electron chi connectivity index (χ3n) is 8.53. The molecule has 0 bridgehead atoms. The van der Waals surface area contributed by atoms with E-state index in [0.29, 0.717) is 17.5 Å². The Labute approximate surface area is 287 Å². The number of rotatable bonds is 9. The molecule has 0 N–H and O–H groups in total. The van der Waals surface area contributed by atoms with Gasteiger partial charge in [-0.25, -0.2) is 18.0 Å². The number of piperazine rings is 1. The fraction of sp³-hybridized carbons (Fsp3) is 0.389. The van der Waals surface area contributed by atoms with Gasteiger partial charge in [-0.15, -0.1) is 0 Å². The number of aryl methyl sites for hydroxylation is 1. The van der Waals surface area contributed by atoms with Gasteiger partial charge in [0.25, 0.3) is 11.8 Å². The van der Waals surface area contributed by atoms with Gasteiger partial charge in [0.05, 0.1) is 11.0 Å². The zero-order valence-corrected chi connectivity index (χ0v) is 28.8. The first-order valence-corrected chi connectivity index (χ1v) is 17.9. The van der Waals surface area contributed by atoms with Crippen molar-refractivity contribution in [1.29, 1.82) is 0 Å². The van der Waals surface area contributed by atoms with Crippen molar-refractivity contribution in [1.82, 2.24) is 19.2 Å². The Hall–Kier alpha value is -4.75. The summed E-state index contributed by atoms with van der Waals surface area (Å²) in [5.41, 5.74) is 2.08. The first-order valence-electron chi connectivity index (χ1n) is 16.4.